The van der Waals surface area contributed by atoms with Gasteiger partial charge in [-0.15, -0.1) is 11.3 Å². The van der Waals surface area contributed by atoms with Crippen LogP contribution in [0.2, 0.25) is 0 Å². The molecule has 7 aromatic rings. The summed E-state index contributed by atoms with van der Waals surface area (Å²) in [6, 6.07) is 32.2. The molecular formula is C46H34N2S. The average Bonchev–Trinajstić information content (AvgIpc) is 3.82. The number of benzene rings is 4. The van der Waals surface area contributed by atoms with Crippen molar-refractivity contribution in [3.8, 4) is 5.69 Å². The number of fused-ring (bicyclic) bond motifs is 10. The van der Waals surface area contributed by atoms with Crippen molar-refractivity contribution in [2.75, 3.05) is 0 Å². The smallest absolute Gasteiger partial charge is 0.0640 e. The summed E-state index contributed by atoms with van der Waals surface area (Å²) in [6.45, 7) is 0. The Morgan fingerprint density at radius 2 is 1.51 bits per heavy atom. The van der Waals surface area contributed by atoms with E-state index in [2.05, 4.69) is 161 Å². The second kappa shape index (κ2) is 10.6. The van der Waals surface area contributed by atoms with E-state index in [0.29, 0.717) is 11.8 Å². The zero-order chi connectivity index (χ0) is 32.1. The van der Waals surface area contributed by atoms with Gasteiger partial charge in [0.15, 0.2) is 0 Å². The van der Waals surface area contributed by atoms with Gasteiger partial charge in [0.25, 0.3) is 0 Å². The molecule has 0 aliphatic heterocycles. The number of aromatic nitrogens is 2. The molecule has 234 valence electrons. The Bertz CT molecular complexity index is 2710. The maximum Gasteiger partial charge on any atom is 0.0640 e. The monoisotopic (exact) mass is 646 g/mol. The third-order valence-corrected chi connectivity index (χ3v) is 12.6. The molecular weight excluding hydrogens is 613 g/mol. The van der Waals surface area contributed by atoms with Crippen molar-refractivity contribution in [3.63, 3.8) is 0 Å². The SMILES string of the molecule is C1=CC2=CC=CC(n3c4ccccc4c4ccc(C5C=Cc6c(c7c(n6-c6cccc8c6sc6ccccc68)C=CCC7)C5)cc43)C2C=C1. The molecule has 0 radical (unpaired) electrons. The van der Waals surface area contributed by atoms with Crippen LogP contribution in [0.25, 0.3) is 59.8 Å². The van der Waals surface area contributed by atoms with Crippen molar-refractivity contribution in [2.24, 2.45) is 5.92 Å². The molecule has 0 fully saturated rings. The lowest BCUT2D eigenvalue weighted by Crippen LogP contribution is -2.20. The Hall–Kier alpha value is -5.38. The van der Waals surface area contributed by atoms with Crippen LogP contribution in [0.3, 0.4) is 0 Å². The van der Waals surface area contributed by atoms with Gasteiger partial charge in [-0.05, 0) is 77.9 Å². The van der Waals surface area contributed by atoms with Crippen LogP contribution in [0.1, 0.15) is 46.5 Å². The molecule has 4 aliphatic rings. The van der Waals surface area contributed by atoms with Gasteiger partial charge in [0.2, 0.25) is 0 Å². The third-order valence-electron chi connectivity index (χ3n) is 11.4. The first-order chi connectivity index (χ1) is 24.3. The van der Waals surface area contributed by atoms with E-state index in [9.17, 15) is 0 Å². The molecule has 4 aliphatic carbocycles. The molecule has 0 N–H and O–H groups in total. The summed E-state index contributed by atoms with van der Waals surface area (Å²) in [6.07, 6.45) is 28.8. The van der Waals surface area contributed by atoms with E-state index in [4.69, 9.17) is 0 Å². The van der Waals surface area contributed by atoms with E-state index >= 15 is 0 Å². The Kier molecular flexibility index (Phi) is 5.94. The van der Waals surface area contributed by atoms with Gasteiger partial charge in [0, 0.05) is 60.5 Å². The highest BCUT2D eigenvalue weighted by Gasteiger charge is 2.30. The van der Waals surface area contributed by atoms with Crippen LogP contribution in [-0.2, 0) is 12.8 Å². The number of rotatable bonds is 3. The zero-order valence-corrected chi connectivity index (χ0v) is 27.9. The summed E-state index contributed by atoms with van der Waals surface area (Å²) in [5.41, 5.74) is 12.5. The van der Waals surface area contributed by atoms with Crippen molar-refractivity contribution >= 4 is 65.5 Å². The van der Waals surface area contributed by atoms with Crippen LogP contribution in [-0.4, -0.2) is 9.13 Å². The summed E-state index contributed by atoms with van der Waals surface area (Å²) in [5.74, 6) is 0.656. The molecule has 0 spiro atoms. The topological polar surface area (TPSA) is 9.86 Å². The van der Waals surface area contributed by atoms with Crippen LogP contribution in [0.5, 0.6) is 0 Å². The van der Waals surface area contributed by atoms with E-state index < -0.39 is 0 Å². The third kappa shape index (κ3) is 4.00. The van der Waals surface area contributed by atoms with Gasteiger partial charge >= 0.3 is 0 Å². The van der Waals surface area contributed by atoms with Gasteiger partial charge in [-0.2, -0.15) is 0 Å². The van der Waals surface area contributed by atoms with Crippen molar-refractivity contribution in [1.82, 2.24) is 9.13 Å². The van der Waals surface area contributed by atoms with E-state index in [1.807, 2.05) is 11.3 Å². The lowest BCUT2D eigenvalue weighted by molar-refractivity contribution is 0.534. The molecule has 49 heavy (non-hydrogen) atoms. The predicted molar refractivity (Wildman–Crippen MR) is 209 cm³/mol. The molecule has 0 amide bonds. The maximum absolute atomic E-state index is 2.61. The van der Waals surface area contributed by atoms with Crippen LogP contribution in [0, 0.1) is 5.92 Å². The average molecular weight is 647 g/mol. The summed E-state index contributed by atoms with van der Waals surface area (Å²) < 4.78 is 7.90. The molecule has 4 aromatic carbocycles. The first kappa shape index (κ1) is 27.6. The van der Waals surface area contributed by atoms with Crippen molar-refractivity contribution in [1.29, 1.82) is 0 Å². The van der Waals surface area contributed by atoms with Crippen LogP contribution >= 0.6 is 11.3 Å². The fraction of sp³-hybridized carbons (Fsp3) is 0.130. The van der Waals surface area contributed by atoms with Crippen molar-refractivity contribution < 1.29 is 0 Å². The summed E-state index contributed by atoms with van der Waals surface area (Å²) in [4.78, 5) is 0. The molecule has 0 bridgehead atoms. The lowest BCUT2D eigenvalue weighted by Gasteiger charge is -2.30. The number of nitrogens with zero attached hydrogens (tertiary/aromatic N) is 2. The van der Waals surface area contributed by atoms with Gasteiger partial charge in [-0.3, -0.25) is 0 Å². The van der Waals surface area contributed by atoms with Gasteiger partial charge in [0.1, 0.15) is 0 Å². The molecule has 3 heterocycles. The number of para-hydroxylation sites is 1. The zero-order valence-electron chi connectivity index (χ0n) is 27.1. The minimum atomic E-state index is 0.233. The summed E-state index contributed by atoms with van der Waals surface area (Å²) in [7, 11) is 0. The Labute approximate surface area is 289 Å². The Morgan fingerprint density at radius 3 is 2.49 bits per heavy atom. The molecule has 11 rings (SSSR count). The number of thiophene rings is 1. The quantitative estimate of drug-likeness (QED) is 0.181. The molecule has 3 unspecified atom stereocenters. The number of hydrogen-bond acceptors (Lipinski definition) is 1. The number of allylic oxidation sites excluding steroid dienone is 10. The lowest BCUT2D eigenvalue weighted by atomic mass is 9.83. The van der Waals surface area contributed by atoms with Gasteiger partial charge in [0.05, 0.1) is 16.4 Å². The summed E-state index contributed by atoms with van der Waals surface area (Å²) >= 11 is 1.92. The molecule has 3 atom stereocenters. The van der Waals surface area contributed by atoms with Crippen LogP contribution < -0.4 is 0 Å². The van der Waals surface area contributed by atoms with Gasteiger partial charge in [-0.1, -0.05) is 115 Å². The fourth-order valence-corrected chi connectivity index (χ4v) is 10.4. The van der Waals surface area contributed by atoms with E-state index in [1.165, 1.54) is 81.3 Å². The Balaban J connectivity index is 1.05. The minimum Gasteiger partial charge on any atom is -0.332 e. The number of hydrogen-bond donors (Lipinski definition) is 0. The van der Waals surface area contributed by atoms with Crippen molar-refractivity contribution in [2.45, 2.75) is 31.2 Å². The van der Waals surface area contributed by atoms with Crippen LogP contribution in [0.4, 0.5) is 0 Å². The fourth-order valence-electron chi connectivity index (χ4n) is 9.15. The Morgan fingerprint density at radius 1 is 0.653 bits per heavy atom. The second-order valence-electron chi connectivity index (χ2n) is 13.9. The minimum absolute atomic E-state index is 0.233. The highest BCUT2D eigenvalue weighted by Crippen LogP contribution is 2.45. The predicted octanol–water partition coefficient (Wildman–Crippen LogP) is 12.0. The first-order valence-electron chi connectivity index (χ1n) is 17.6. The molecule has 0 saturated carbocycles. The first-order valence-corrected chi connectivity index (χ1v) is 18.4. The van der Waals surface area contributed by atoms with Gasteiger partial charge < -0.3 is 9.13 Å². The molecule has 3 aromatic heterocycles. The molecule has 2 nitrogen and oxygen atoms in total. The van der Waals surface area contributed by atoms with E-state index in [-0.39, 0.29) is 6.04 Å². The highest BCUT2D eigenvalue weighted by atomic mass is 32.1. The molecule has 0 saturated heterocycles. The highest BCUT2D eigenvalue weighted by molar-refractivity contribution is 7.26. The molecule has 3 heteroatoms. The largest absolute Gasteiger partial charge is 0.332 e. The van der Waals surface area contributed by atoms with E-state index in [1.54, 1.807) is 0 Å². The normalized spacial score (nSPS) is 20.7. The van der Waals surface area contributed by atoms with Crippen LogP contribution in [0.15, 0.2) is 145 Å². The summed E-state index contributed by atoms with van der Waals surface area (Å²) in [5, 5.41) is 5.37. The van der Waals surface area contributed by atoms with Crippen molar-refractivity contribution in [3.05, 3.63) is 173 Å². The maximum atomic E-state index is 2.61. The standard InChI is InChI=1S/C46H34N2S/c1-2-13-32-29(11-1)12-9-20-39(32)48-40-18-6-3-14-33(40)35-25-23-31(28-44(35)48)30-24-26-42-38(27-30)34-15-4-7-19-41(34)47(42)43-21-10-17-37-36-16-5-8-22-45(36)49-46(37)43/h1-3,5-14,16-26,28,30,32,39H,4,15,27H2. The van der Waals surface area contributed by atoms with E-state index in [0.717, 1.165) is 19.3 Å². The van der Waals surface area contributed by atoms with Gasteiger partial charge in [-0.25, -0.2) is 0 Å². The second-order valence-corrected chi connectivity index (χ2v) is 15.0.